The number of carbonyl (C=O) groups is 1. The van der Waals surface area contributed by atoms with Crippen molar-refractivity contribution >= 4 is 16.8 Å². The molecule has 3 aromatic heterocycles. The Morgan fingerprint density at radius 1 is 1.33 bits per heavy atom. The smallest absolute Gasteiger partial charge is 0.319 e. The predicted octanol–water partition coefficient (Wildman–Crippen LogP) is 2.13. The minimum absolute atomic E-state index is 0.00113. The van der Waals surface area contributed by atoms with E-state index in [2.05, 4.69) is 20.4 Å². The van der Waals surface area contributed by atoms with Crippen LogP contribution in [0.1, 0.15) is 19.9 Å². The quantitative estimate of drug-likeness (QED) is 0.737. The van der Waals surface area contributed by atoms with Crippen LogP contribution in [0.2, 0.25) is 0 Å². The molecule has 0 spiro atoms. The molecule has 0 aliphatic carbocycles. The Balaban J connectivity index is 1.70. The summed E-state index contributed by atoms with van der Waals surface area (Å²) in [4.78, 5) is 19.9. The van der Waals surface area contributed by atoms with Gasteiger partial charge in [-0.05, 0) is 13.0 Å². The van der Waals surface area contributed by atoms with Crippen molar-refractivity contribution in [3.05, 3.63) is 24.8 Å². The van der Waals surface area contributed by atoms with Gasteiger partial charge in [0, 0.05) is 38.3 Å². The number of fused-ring (bicyclic) bond motifs is 1. The molecule has 142 valence electrons. The van der Waals surface area contributed by atoms with Crippen LogP contribution in [-0.2, 0) is 11.8 Å². The average molecular weight is 376 g/mol. The maximum atomic E-state index is 12.8. The number of carbonyl (C=O) groups excluding carboxylic acids is 1. The van der Waals surface area contributed by atoms with Gasteiger partial charge in [0.1, 0.15) is 11.8 Å². The van der Waals surface area contributed by atoms with E-state index in [4.69, 9.17) is 4.74 Å². The van der Waals surface area contributed by atoms with Gasteiger partial charge in [0.15, 0.2) is 0 Å². The Hall–Kier alpha value is -3.04. The van der Waals surface area contributed by atoms with Crippen LogP contribution < -0.4 is 10.1 Å². The van der Waals surface area contributed by atoms with Crippen molar-refractivity contribution in [1.29, 1.82) is 0 Å². The third-order valence-corrected chi connectivity index (χ3v) is 4.64. The number of imidazole rings is 1. The van der Waals surface area contributed by atoms with Crippen LogP contribution in [0.5, 0.6) is 5.88 Å². The summed E-state index contributed by atoms with van der Waals surface area (Å²) in [5, 5.41) is 7.86. The molecule has 1 saturated heterocycles. The summed E-state index contributed by atoms with van der Waals surface area (Å²) in [6, 6.07) is 1.69. The Kier molecular flexibility index (Phi) is 4.25. The minimum Gasteiger partial charge on any atom is -0.474 e. The number of rotatable bonds is 5. The first-order valence-electron chi connectivity index (χ1n) is 8.50. The average Bonchev–Trinajstić information content (AvgIpc) is 3.32. The van der Waals surface area contributed by atoms with Crippen LogP contribution in [-0.4, -0.2) is 42.9 Å². The number of aryl methyl sites for hydroxylation is 1. The normalized spacial score (nSPS) is 18.3. The maximum Gasteiger partial charge on any atom is 0.319 e. The van der Waals surface area contributed by atoms with Gasteiger partial charge in [-0.3, -0.25) is 14.0 Å². The lowest BCUT2D eigenvalue weighted by molar-refractivity contribution is -0.119. The summed E-state index contributed by atoms with van der Waals surface area (Å²) < 4.78 is 34.1. The Morgan fingerprint density at radius 3 is 2.81 bits per heavy atom. The third-order valence-electron chi connectivity index (χ3n) is 4.64. The molecule has 27 heavy (non-hydrogen) atoms. The molecule has 0 radical (unpaired) electrons. The van der Waals surface area contributed by atoms with Gasteiger partial charge in [0.2, 0.25) is 11.8 Å². The first-order chi connectivity index (χ1) is 12.9. The number of hydrogen-bond acceptors (Lipinski definition) is 5. The Labute approximate surface area is 153 Å². The number of alkyl halides is 2. The SMILES string of the molecule is CC(Oc1nc(-c2cn(C(F)F)cn2)cc2nn(C)cc12)[C@H]1CNC(=O)C1. The summed E-state index contributed by atoms with van der Waals surface area (Å²) in [6.07, 6.45) is 4.21. The molecule has 0 aromatic carbocycles. The van der Waals surface area contributed by atoms with Gasteiger partial charge in [-0.1, -0.05) is 0 Å². The van der Waals surface area contributed by atoms with E-state index in [9.17, 15) is 13.6 Å². The monoisotopic (exact) mass is 376 g/mol. The second-order valence-electron chi connectivity index (χ2n) is 6.62. The van der Waals surface area contributed by atoms with Gasteiger partial charge in [-0.25, -0.2) is 9.97 Å². The standard InChI is InChI=1S/C17H18F2N6O2/c1-9(10-3-15(26)20-5-10)27-16-11-6-24(2)23-12(11)4-13(22-16)14-7-25(8-21-14)17(18)19/h4,6-10,17H,3,5H2,1-2H3,(H,20,26)/t9?,10-/m1/s1. The molecule has 3 aromatic rings. The first-order valence-corrected chi connectivity index (χ1v) is 8.50. The summed E-state index contributed by atoms with van der Waals surface area (Å²) in [6.45, 7) is -0.241. The van der Waals surface area contributed by atoms with Gasteiger partial charge < -0.3 is 10.1 Å². The highest BCUT2D eigenvalue weighted by atomic mass is 19.3. The highest BCUT2D eigenvalue weighted by molar-refractivity contribution is 5.86. The number of nitrogens with zero attached hydrogens (tertiary/aromatic N) is 5. The van der Waals surface area contributed by atoms with Gasteiger partial charge in [-0.15, -0.1) is 0 Å². The van der Waals surface area contributed by atoms with Crippen molar-refractivity contribution in [2.45, 2.75) is 26.0 Å². The molecular weight excluding hydrogens is 358 g/mol. The molecule has 1 unspecified atom stereocenters. The molecule has 1 amide bonds. The number of aromatic nitrogens is 5. The molecule has 1 N–H and O–H groups in total. The van der Waals surface area contributed by atoms with E-state index in [0.29, 0.717) is 45.7 Å². The van der Waals surface area contributed by atoms with E-state index < -0.39 is 6.55 Å². The molecule has 0 bridgehead atoms. The van der Waals surface area contributed by atoms with E-state index in [0.717, 1.165) is 6.33 Å². The predicted molar refractivity (Wildman–Crippen MR) is 92.2 cm³/mol. The number of ether oxygens (including phenoxy) is 1. The number of hydrogen-bond donors (Lipinski definition) is 1. The van der Waals surface area contributed by atoms with Crippen molar-refractivity contribution in [1.82, 2.24) is 29.6 Å². The minimum atomic E-state index is -2.67. The second kappa shape index (κ2) is 6.60. The number of amides is 1. The molecule has 1 aliphatic heterocycles. The summed E-state index contributed by atoms with van der Waals surface area (Å²) in [7, 11) is 1.78. The fraction of sp³-hybridized carbons (Fsp3) is 0.412. The van der Waals surface area contributed by atoms with Crippen molar-refractivity contribution in [3.63, 3.8) is 0 Å². The van der Waals surface area contributed by atoms with Crippen molar-refractivity contribution in [3.8, 4) is 17.3 Å². The van der Waals surface area contributed by atoms with Crippen molar-refractivity contribution in [2.24, 2.45) is 13.0 Å². The van der Waals surface area contributed by atoms with Crippen LogP contribution in [0.25, 0.3) is 22.3 Å². The van der Waals surface area contributed by atoms with Gasteiger partial charge >= 0.3 is 6.55 Å². The van der Waals surface area contributed by atoms with Crippen LogP contribution >= 0.6 is 0 Å². The number of pyridine rings is 1. The number of halogens is 2. The number of nitrogens with one attached hydrogen (secondary N) is 1. The van der Waals surface area contributed by atoms with E-state index in [1.54, 1.807) is 24.0 Å². The Bertz CT molecular complexity index is 999. The Morgan fingerprint density at radius 2 is 2.15 bits per heavy atom. The zero-order chi connectivity index (χ0) is 19.1. The van der Waals surface area contributed by atoms with Gasteiger partial charge in [0.25, 0.3) is 0 Å². The molecule has 2 atom stereocenters. The zero-order valence-corrected chi connectivity index (χ0v) is 14.8. The molecule has 1 fully saturated rings. The maximum absolute atomic E-state index is 12.8. The van der Waals surface area contributed by atoms with Crippen LogP contribution in [0.3, 0.4) is 0 Å². The van der Waals surface area contributed by atoms with Crippen molar-refractivity contribution < 1.29 is 18.3 Å². The second-order valence-corrected chi connectivity index (χ2v) is 6.62. The molecule has 10 heteroatoms. The largest absolute Gasteiger partial charge is 0.474 e. The van der Waals surface area contributed by atoms with Crippen LogP contribution in [0, 0.1) is 5.92 Å². The molecule has 4 rings (SSSR count). The molecule has 4 heterocycles. The first kappa shape index (κ1) is 17.4. The zero-order valence-electron chi connectivity index (χ0n) is 14.8. The van der Waals surface area contributed by atoms with Crippen LogP contribution in [0.15, 0.2) is 24.8 Å². The fourth-order valence-electron chi connectivity index (χ4n) is 3.14. The topological polar surface area (TPSA) is 86.9 Å². The van der Waals surface area contributed by atoms with E-state index in [1.807, 2.05) is 6.92 Å². The highest BCUT2D eigenvalue weighted by Crippen LogP contribution is 2.30. The van der Waals surface area contributed by atoms with Gasteiger partial charge in [0.05, 0.1) is 22.9 Å². The third kappa shape index (κ3) is 3.34. The summed E-state index contributed by atoms with van der Waals surface area (Å²) >= 11 is 0. The van der Waals surface area contributed by atoms with E-state index >= 15 is 0 Å². The lowest BCUT2D eigenvalue weighted by Crippen LogP contribution is -2.26. The molecular formula is C17H18F2N6O2. The lowest BCUT2D eigenvalue weighted by atomic mass is 10.0. The van der Waals surface area contributed by atoms with E-state index in [-0.39, 0.29) is 17.9 Å². The molecule has 1 aliphatic rings. The molecule has 8 nitrogen and oxygen atoms in total. The molecule has 0 saturated carbocycles. The summed E-state index contributed by atoms with van der Waals surface area (Å²) in [5.41, 5.74) is 1.32. The van der Waals surface area contributed by atoms with E-state index in [1.165, 1.54) is 6.20 Å². The van der Waals surface area contributed by atoms with Crippen molar-refractivity contribution in [2.75, 3.05) is 6.54 Å². The summed E-state index contributed by atoms with van der Waals surface area (Å²) in [5.74, 6) is 0.378. The lowest BCUT2D eigenvalue weighted by Gasteiger charge is -2.19. The van der Waals surface area contributed by atoms with Gasteiger partial charge in [-0.2, -0.15) is 13.9 Å². The van der Waals surface area contributed by atoms with Crippen LogP contribution in [0.4, 0.5) is 8.78 Å². The fourth-order valence-corrected chi connectivity index (χ4v) is 3.14. The highest BCUT2D eigenvalue weighted by Gasteiger charge is 2.29.